The number of rotatable bonds is 4. The van der Waals surface area contributed by atoms with Crippen molar-refractivity contribution in [3.05, 3.63) is 78.2 Å². The summed E-state index contributed by atoms with van der Waals surface area (Å²) in [6, 6.07) is 19.6. The summed E-state index contributed by atoms with van der Waals surface area (Å²) in [4.78, 5) is 13.3. The van der Waals surface area contributed by atoms with Crippen LogP contribution in [0.5, 0.6) is 0 Å². The maximum atomic E-state index is 9.13. The molecule has 0 aliphatic heterocycles. The Labute approximate surface area is 150 Å². The first-order valence-electron chi connectivity index (χ1n) is 8.27. The summed E-state index contributed by atoms with van der Waals surface area (Å²) in [5, 5.41) is 12.5. The van der Waals surface area contributed by atoms with Crippen molar-refractivity contribution in [3.63, 3.8) is 0 Å². The monoisotopic (exact) mass is 340 g/mol. The van der Waals surface area contributed by atoms with Gasteiger partial charge in [-0.05, 0) is 36.8 Å². The molecule has 2 aromatic carbocycles. The number of nitrogens with zero attached hydrogens (tertiary/aromatic N) is 5. The molecule has 0 saturated carbocycles. The zero-order valence-corrected chi connectivity index (χ0v) is 14.2. The minimum absolute atomic E-state index is 0.0798. The van der Waals surface area contributed by atoms with Crippen LogP contribution in [0.4, 0.5) is 5.95 Å². The van der Waals surface area contributed by atoms with Crippen molar-refractivity contribution in [1.29, 1.82) is 5.26 Å². The van der Waals surface area contributed by atoms with E-state index in [-0.39, 0.29) is 6.04 Å². The lowest BCUT2D eigenvalue weighted by Crippen LogP contribution is -2.10. The molecule has 0 aliphatic rings. The van der Waals surface area contributed by atoms with Crippen LogP contribution in [0.3, 0.4) is 0 Å². The van der Waals surface area contributed by atoms with Crippen LogP contribution < -0.4 is 5.32 Å². The second-order valence-electron chi connectivity index (χ2n) is 5.95. The van der Waals surface area contributed by atoms with Gasteiger partial charge in [-0.2, -0.15) is 10.2 Å². The first-order chi connectivity index (χ1) is 12.7. The molecule has 0 aliphatic carbocycles. The van der Waals surface area contributed by atoms with E-state index < -0.39 is 0 Å². The number of anilines is 1. The lowest BCUT2D eigenvalue weighted by atomic mass is 10.1. The highest BCUT2D eigenvalue weighted by Crippen LogP contribution is 2.20. The zero-order valence-electron chi connectivity index (χ0n) is 14.2. The number of imidazole rings is 1. The maximum absolute atomic E-state index is 9.13. The van der Waals surface area contributed by atoms with E-state index in [2.05, 4.69) is 45.4 Å². The van der Waals surface area contributed by atoms with Gasteiger partial charge < -0.3 is 5.32 Å². The number of hydrogen-bond acceptors (Lipinski definition) is 5. The van der Waals surface area contributed by atoms with Crippen LogP contribution in [0.1, 0.15) is 24.1 Å². The fourth-order valence-electron chi connectivity index (χ4n) is 2.83. The molecule has 0 bridgehead atoms. The van der Waals surface area contributed by atoms with Crippen LogP contribution >= 0.6 is 0 Å². The molecule has 1 atom stereocenters. The predicted octanol–water partition coefficient (Wildman–Crippen LogP) is 3.86. The lowest BCUT2D eigenvalue weighted by molar-refractivity contribution is 0.854. The molecule has 2 heterocycles. The van der Waals surface area contributed by atoms with Crippen molar-refractivity contribution in [2.24, 2.45) is 0 Å². The van der Waals surface area contributed by atoms with Gasteiger partial charge in [0.2, 0.25) is 5.95 Å². The predicted molar refractivity (Wildman–Crippen MR) is 99.9 cm³/mol. The molecule has 6 heteroatoms. The number of fused-ring (bicyclic) bond motifs is 1. The Morgan fingerprint density at radius 2 is 1.92 bits per heavy atom. The van der Waals surface area contributed by atoms with Gasteiger partial charge in [0.05, 0.1) is 28.7 Å². The van der Waals surface area contributed by atoms with E-state index in [0.717, 1.165) is 16.6 Å². The largest absolute Gasteiger partial charge is 0.348 e. The molecule has 126 valence electrons. The molecule has 0 unspecified atom stereocenters. The molecule has 1 N–H and O–H groups in total. The number of aromatic nitrogens is 4. The van der Waals surface area contributed by atoms with Crippen LogP contribution in [0.2, 0.25) is 0 Å². The molecule has 26 heavy (non-hydrogen) atoms. The highest BCUT2D eigenvalue weighted by atomic mass is 15.2. The van der Waals surface area contributed by atoms with E-state index in [9.17, 15) is 0 Å². The molecule has 0 spiro atoms. The van der Waals surface area contributed by atoms with Crippen molar-refractivity contribution in [3.8, 4) is 11.9 Å². The minimum Gasteiger partial charge on any atom is -0.348 e. The third-order valence-corrected chi connectivity index (χ3v) is 4.21. The van der Waals surface area contributed by atoms with Crippen molar-refractivity contribution in [2.75, 3.05) is 5.32 Å². The van der Waals surface area contributed by atoms with Gasteiger partial charge in [-0.3, -0.25) is 4.57 Å². The fourth-order valence-corrected chi connectivity index (χ4v) is 2.83. The zero-order chi connectivity index (χ0) is 17.9. The quantitative estimate of drug-likeness (QED) is 0.610. The summed E-state index contributed by atoms with van der Waals surface area (Å²) in [5.41, 5.74) is 3.40. The Balaban J connectivity index is 1.67. The minimum atomic E-state index is 0.0798. The third-order valence-electron chi connectivity index (χ3n) is 4.21. The van der Waals surface area contributed by atoms with Crippen LogP contribution in [0, 0.1) is 11.3 Å². The number of benzene rings is 2. The second kappa shape index (κ2) is 6.65. The van der Waals surface area contributed by atoms with Gasteiger partial charge in [-0.25, -0.2) is 9.97 Å². The van der Waals surface area contributed by atoms with Crippen LogP contribution in [-0.2, 0) is 0 Å². The summed E-state index contributed by atoms with van der Waals surface area (Å²) in [6.45, 7) is 2.07. The van der Waals surface area contributed by atoms with E-state index in [1.807, 2.05) is 41.0 Å². The molecule has 0 radical (unpaired) electrons. The molecule has 0 fully saturated rings. The molecular weight excluding hydrogens is 324 g/mol. The van der Waals surface area contributed by atoms with E-state index in [1.165, 1.54) is 0 Å². The van der Waals surface area contributed by atoms with Crippen molar-refractivity contribution in [2.45, 2.75) is 13.0 Å². The molecule has 0 amide bonds. The van der Waals surface area contributed by atoms with Gasteiger partial charge in [-0.15, -0.1) is 0 Å². The van der Waals surface area contributed by atoms with E-state index in [4.69, 9.17) is 5.26 Å². The van der Waals surface area contributed by atoms with Gasteiger partial charge >= 0.3 is 0 Å². The number of hydrogen-bond donors (Lipinski definition) is 1. The van der Waals surface area contributed by atoms with Crippen LogP contribution in [0.15, 0.2) is 67.1 Å². The van der Waals surface area contributed by atoms with E-state index in [0.29, 0.717) is 17.3 Å². The summed E-state index contributed by atoms with van der Waals surface area (Å²) < 4.78 is 1.86. The lowest BCUT2D eigenvalue weighted by Gasteiger charge is -2.14. The first kappa shape index (κ1) is 15.8. The summed E-state index contributed by atoms with van der Waals surface area (Å²) in [6.07, 6.45) is 3.42. The SMILES string of the molecule is C[C@H](Nc1nccc(-n2cnc3ccc(C#N)cc32)n1)c1ccccc1. The summed E-state index contributed by atoms with van der Waals surface area (Å²) >= 11 is 0. The Hall–Kier alpha value is -3.72. The Morgan fingerprint density at radius 1 is 1.08 bits per heavy atom. The molecule has 0 saturated heterocycles. The Kier molecular flexibility index (Phi) is 4.04. The Morgan fingerprint density at radius 3 is 2.73 bits per heavy atom. The molecule has 6 nitrogen and oxygen atoms in total. The Bertz CT molecular complexity index is 1090. The highest BCUT2D eigenvalue weighted by molar-refractivity contribution is 5.78. The van der Waals surface area contributed by atoms with E-state index >= 15 is 0 Å². The van der Waals surface area contributed by atoms with Gasteiger partial charge in [0.25, 0.3) is 0 Å². The van der Waals surface area contributed by atoms with Crippen LogP contribution in [0.25, 0.3) is 16.9 Å². The van der Waals surface area contributed by atoms with Crippen molar-refractivity contribution >= 4 is 17.0 Å². The first-order valence-corrected chi connectivity index (χ1v) is 8.27. The normalized spacial score (nSPS) is 11.8. The number of nitrogens with one attached hydrogen (secondary N) is 1. The number of nitriles is 1. The standard InChI is InChI=1S/C20H16N6/c1-14(16-5-3-2-4-6-16)24-20-22-10-9-19(25-20)26-13-23-17-8-7-15(12-21)11-18(17)26/h2-11,13-14H,1H3,(H,22,24,25)/t14-/m0/s1. The fraction of sp³-hybridized carbons (Fsp3) is 0.100. The second-order valence-corrected chi connectivity index (χ2v) is 5.95. The summed E-state index contributed by atoms with van der Waals surface area (Å²) in [5.74, 6) is 1.23. The smallest absolute Gasteiger partial charge is 0.225 e. The van der Waals surface area contributed by atoms with Gasteiger partial charge in [0, 0.05) is 6.20 Å². The third kappa shape index (κ3) is 2.98. The topological polar surface area (TPSA) is 79.4 Å². The summed E-state index contributed by atoms with van der Waals surface area (Å²) in [7, 11) is 0. The molecule has 4 rings (SSSR count). The van der Waals surface area contributed by atoms with Gasteiger partial charge in [0.1, 0.15) is 12.1 Å². The van der Waals surface area contributed by atoms with Crippen molar-refractivity contribution in [1.82, 2.24) is 19.5 Å². The van der Waals surface area contributed by atoms with Gasteiger partial charge in [0.15, 0.2) is 0 Å². The molecular formula is C20H16N6. The van der Waals surface area contributed by atoms with Crippen molar-refractivity contribution < 1.29 is 0 Å². The maximum Gasteiger partial charge on any atom is 0.225 e. The molecule has 4 aromatic rings. The van der Waals surface area contributed by atoms with E-state index in [1.54, 1.807) is 18.6 Å². The average Bonchev–Trinajstić information content (AvgIpc) is 3.12. The highest BCUT2D eigenvalue weighted by Gasteiger charge is 2.10. The average molecular weight is 340 g/mol. The van der Waals surface area contributed by atoms with Gasteiger partial charge in [-0.1, -0.05) is 30.3 Å². The molecule has 2 aromatic heterocycles. The van der Waals surface area contributed by atoms with Crippen LogP contribution in [-0.4, -0.2) is 19.5 Å².